The standard InChI is InChI=1S/C12H13Cl2NO/c13-8-1-2-10-3-5-11(6-4-10)15-12(16)7-9-14/h1-6H,7-9H2,(H,15,16). The molecule has 86 valence electrons. The van der Waals surface area contributed by atoms with Gasteiger partial charge in [-0.2, -0.15) is 0 Å². The Morgan fingerprint density at radius 1 is 1.25 bits per heavy atom. The highest BCUT2D eigenvalue weighted by atomic mass is 35.5. The van der Waals surface area contributed by atoms with Crippen molar-refractivity contribution in [2.24, 2.45) is 0 Å². The number of halogens is 2. The molecule has 1 rings (SSSR count). The minimum absolute atomic E-state index is 0.0703. The van der Waals surface area contributed by atoms with Gasteiger partial charge in [0.15, 0.2) is 0 Å². The van der Waals surface area contributed by atoms with Crippen LogP contribution in [0.5, 0.6) is 0 Å². The predicted octanol–water partition coefficient (Wildman–Crippen LogP) is 3.51. The topological polar surface area (TPSA) is 29.1 Å². The molecule has 0 aromatic heterocycles. The van der Waals surface area contributed by atoms with Crippen LogP contribution in [0, 0.1) is 0 Å². The van der Waals surface area contributed by atoms with Gasteiger partial charge in [0.2, 0.25) is 5.91 Å². The number of amides is 1. The molecule has 1 amide bonds. The van der Waals surface area contributed by atoms with Crippen LogP contribution in [0.25, 0.3) is 6.08 Å². The molecule has 0 bridgehead atoms. The Morgan fingerprint density at radius 2 is 1.94 bits per heavy atom. The van der Waals surface area contributed by atoms with E-state index in [1.807, 2.05) is 36.4 Å². The maximum atomic E-state index is 11.2. The zero-order valence-corrected chi connectivity index (χ0v) is 10.3. The number of carbonyl (C=O) groups excluding carboxylic acids is 1. The van der Waals surface area contributed by atoms with Crippen LogP contribution in [0.4, 0.5) is 5.69 Å². The molecule has 1 N–H and O–H groups in total. The summed E-state index contributed by atoms with van der Waals surface area (Å²) in [5, 5.41) is 2.75. The van der Waals surface area contributed by atoms with Crippen molar-refractivity contribution in [2.75, 3.05) is 17.1 Å². The van der Waals surface area contributed by atoms with Crippen LogP contribution in [0.1, 0.15) is 12.0 Å². The summed E-state index contributed by atoms with van der Waals surface area (Å²) in [6, 6.07) is 7.53. The molecular weight excluding hydrogens is 245 g/mol. The zero-order valence-electron chi connectivity index (χ0n) is 8.75. The number of hydrogen-bond acceptors (Lipinski definition) is 1. The first-order chi connectivity index (χ1) is 7.76. The van der Waals surface area contributed by atoms with Crippen LogP contribution in [0.3, 0.4) is 0 Å². The molecule has 0 saturated heterocycles. The Labute approximate surface area is 105 Å². The maximum Gasteiger partial charge on any atom is 0.225 e. The maximum absolute atomic E-state index is 11.2. The van der Waals surface area contributed by atoms with Gasteiger partial charge in [-0.3, -0.25) is 4.79 Å². The molecule has 0 spiro atoms. The fraction of sp³-hybridized carbons (Fsp3) is 0.250. The van der Waals surface area contributed by atoms with Crippen molar-refractivity contribution in [1.82, 2.24) is 0 Å². The summed E-state index contributed by atoms with van der Waals surface area (Å²) in [7, 11) is 0. The third-order valence-electron chi connectivity index (χ3n) is 1.92. The van der Waals surface area contributed by atoms with Gasteiger partial charge in [-0.15, -0.1) is 23.2 Å². The first-order valence-electron chi connectivity index (χ1n) is 4.94. The van der Waals surface area contributed by atoms with Gasteiger partial charge in [0.05, 0.1) is 0 Å². The summed E-state index contributed by atoms with van der Waals surface area (Å²) >= 11 is 11.0. The lowest BCUT2D eigenvalue weighted by Crippen LogP contribution is -2.11. The van der Waals surface area contributed by atoms with Gasteiger partial charge in [0.25, 0.3) is 0 Å². The molecule has 16 heavy (non-hydrogen) atoms. The van der Waals surface area contributed by atoms with Gasteiger partial charge in [0.1, 0.15) is 0 Å². The Bertz CT molecular complexity index is 360. The van der Waals surface area contributed by atoms with Crippen molar-refractivity contribution in [3.05, 3.63) is 35.9 Å². The summed E-state index contributed by atoms with van der Waals surface area (Å²) in [5.74, 6) is 0.760. The van der Waals surface area contributed by atoms with E-state index in [9.17, 15) is 4.79 Å². The van der Waals surface area contributed by atoms with Gasteiger partial charge in [-0.1, -0.05) is 24.3 Å². The Kier molecular flexibility index (Phi) is 5.98. The molecule has 0 saturated carbocycles. The molecule has 0 radical (unpaired) electrons. The van der Waals surface area contributed by atoms with E-state index < -0.39 is 0 Å². The van der Waals surface area contributed by atoms with E-state index in [-0.39, 0.29) is 5.91 Å². The SMILES string of the molecule is O=C(CCCl)Nc1ccc(C=CCCl)cc1. The van der Waals surface area contributed by atoms with Crippen LogP contribution in [0.2, 0.25) is 0 Å². The lowest BCUT2D eigenvalue weighted by molar-refractivity contribution is -0.115. The fourth-order valence-electron chi connectivity index (χ4n) is 1.17. The van der Waals surface area contributed by atoms with Gasteiger partial charge >= 0.3 is 0 Å². The highest BCUT2D eigenvalue weighted by Gasteiger charge is 2.00. The van der Waals surface area contributed by atoms with E-state index in [0.717, 1.165) is 11.3 Å². The first-order valence-corrected chi connectivity index (χ1v) is 6.01. The lowest BCUT2D eigenvalue weighted by Gasteiger charge is -2.03. The second-order valence-electron chi connectivity index (χ2n) is 3.17. The molecule has 0 unspecified atom stereocenters. The number of hydrogen-bond donors (Lipinski definition) is 1. The summed E-state index contributed by atoms with van der Waals surface area (Å²) in [5.41, 5.74) is 1.83. The second-order valence-corrected chi connectivity index (χ2v) is 3.85. The molecule has 4 heteroatoms. The molecule has 2 nitrogen and oxygen atoms in total. The molecule has 0 atom stereocenters. The van der Waals surface area contributed by atoms with Crippen molar-refractivity contribution < 1.29 is 4.79 Å². The van der Waals surface area contributed by atoms with Crippen LogP contribution >= 0.6 is 23.2 Å². The minimum atomic E-state index is -0.0703. The number of allylic oxidation sites excluding steroid dienone is 1. The third-order valence-corrected chi connectivity index (χ3v) is 2.28. The molecule has 0 heterocycles. The van der Waals surface area contributed by atoms with E-state index >= 15 is 0 Å². The van der Waals surface area contributed by atoms with E-state index in [2.05, 4.69) is 5.32 Å². The van der Waals surface area contributed by atoms with Crippen LogP contribution in [-0.2, 0) is 4.79 Å². The van der Waals surface area contributed by atoms with Gasteiger partial charge < -0.3 is 5.32 Å². The van der Waals surface area contributed by atoms with Gasteiger partial charge in [-0.25, -0.2) is 0 Å². The van der Waals surface area contributed by atoms with Crippen molar-refractivity contribution in [3.63, 3.8) is 0 Å². The van der Waals surface area contributed by atoms with Gasteiger partial charge in [-0.05, 0) is 17.7 Å². The Balaban J connectivity index is 2.57. The average molecular weight is 258 g/mol. The molecule has 1 aromatic rings. The van der Waals surface area contributed by atoms with E-state index in [4.69, 9.17) is 23.2 Å². The molecule has 0 aliphatic rings. The van der Waals surface area contributed by atoms with Crippen LogP contribution in [-0.4, -0.2) is 17.7 Å². The van der Waals surface area contributed by atoms with E-state index in [0.29, 0.717) is 18.2 Å². The quantitative estimate of drug-likeness (QED) is 0.804. The Hall–Kier alpha value is -0.990. The number of nitrogens with one attached hydrogen (secondary N) is 1. The van der Waals surface area contributed by atoms with Crippen molar-refractivity contribution in [1.29, 1.82) is 0 Å². The Morgan fingerprint density at radius 3 is 2.50 bits per heavy atom. The molecule has 1 aromatic carbocycles. The van der Waals surface area contributed by atoms with Crippen molar-refractivity contribution in [3.8, 4) is 0 Å². The molecule has 0 aliphatic carbocycles. The first kappa shape index (κ1) is 13.1. The van der Waals surface area contributed by atoms with Crippen molar-refractivity contribution in [2.45, 2.75) is 6.42 Å². The average Bonchev–Trinajstić information content (AvgIpc) is 2.28. The largest absolute Gasteiger partial charge is 0.326 e. The van der Waals surface area contributed by atoms with Crippen LogP contribution in [0.15, 0.2) is 30.3 Å². The van der Waals surface area contributed by atoms with E-state index in [1.54, 1.807) is 0 Å². The lowest BCUT2D eigenvalue weighted by atomic mass is 10.2. The molecular formula is C12H13Cl2NO. The number of carbonyl (C=O) groups is 1. The summed E-state index contributed by atoms with van der Waals surface area (Å²) in [4.78, 5) is 11.2. The number of rotatable bonds is 5. The summed E-state index contributed by atoms with van der Waals surface area (Å²) < 4.78 is 0. The fourth-order valence-corrected chi connectivity index (χ4v) is 1.43. The normalized spacial score (nSPS) is 10.6. The van der Waals surface area contributed by atoms with Crippen LogP contribution < -0.4 is 5.32 Å². The number of benzene rings is 1. The number of alkyl halides is 2. The summed E-state index contributed by atoms with van der Waals surface area (Å²) in [6.07, 6.45) is 4.12. The number of anilines is 1. The molecule has 0 aliphatic heterocycles. The summed E-state index contributed by atoms with van der Waals surface area (Å²) in [6.45, 7) is 0. The smallest absolute Gasteiger partial charge is 0.225 e. The highest BCUT2D eigenvalue weighted by molar-refractivity contribution is 6.19. The van der Waals surface area contributed by atoms with E-state index in [1.165, 1.54) is 0 Å². The monoisotopic (exact) mass is 257 g/mol. The zero-order chi connectivity index (χ0) is 11.8. The predicted molar refractivity (Wildman–Crippen MR) is 70.2 cm³/mol. The third kappa shape index (κ3) is 4.69. The highest BCUT2D eigenvalue weighted by Crippen LogP contribution is 2.11. The minimum Gasteiger partial charge on any atom is -0.326 e. The molecule has 0 fully saturated rings. The van der Waals surface area contributed by atoms with Crippen molar-refractivity contribution >= 4 is 40.9 Å². The van der Waals surface area contributed by atoms with Gasteiger partial charge in [0, 0.05) is 23.9 Å². The second kappa shape index (κ2) is 7.31.